The molecule has 1 unspecified atom stereocenters. The van der Waals surface area contributed by atoms with Gasteiger partial charge in [0, 0.05) is 31.4 Å². The Kier molecular flexibility index (Phi) is 6.89. The molecule has 1 saturated heterocycles. The summed E-state index contributed by atoms with van der Waals surface area (Å²) in [5, 5.41) is 10.4. The summed E-state index contributed by atoms with van der Waals surface area (Å²) in [6.45, 7) is 10.9. The topological polar surface area (TPSA) is 62.2 Å². The van der Waals surface area contributed by atoms with Crippen LogP contribution in [0.1, 0.15) is 44.0 Å². The fourth-order valence-corrected chi connectivity index (χ4v) is 3.18. The lowest BCUT2D eigenvalue weighted by Crippen LogP contribution is -2.47. The van der Waals surface area contributed by atoms with E-state index < -0.39 is 0 Å². The first-order valence-corrected chi connectivity index (χ1v) is 8.82. The summed E-state index contributed by atoms with van der Waals surface area (Å²) >= 11 is 0. The van der Waals surface area contributed by atoms with Crippen molar-refractivity contribution in [3.05, 3.63) is 17.5 Å². The van der Waals surface area contributed by atoms with Gasteiger partial charge in [0.05, 0.1) is 5.69 Å². The van der Waals surface area contributed by atoms with Gasteiger partial charge in [0.25, 0.3) is 0 Å². The largest absolute Gasteiger partial charge is 0.338 e. The summed E-state index contributed by atoms with van der Waals surface area (Å²) in [7, 11) is 0. The third-order valence-electron chi connectivity index (χ3n) is 4.29. The van der Waals surface area contributed by atoms with E-state index in [-0.39, 0.29) is 12.1 Å². The van der Waals surface area contributed by atoms with Gasteiger partial charge in [0.1, 0.15) is 0 Å². The van der Waals surface area contributed by atoms with Crippen molar-refractivity contribution in [2.75, 3.05) is 26.2 Å². The molecule has 1 aromatic heterocycles. The van der Waals surface area contributed by atoms with Crippen LogP contribution in [0.25, 0.3) is 0 Å². The molecule has 130 valence electrons. The van der Waals surface area contributed by atoms with Crippen molar-refractivity contribution in [3.8, 4) is 0 Å². The first-order chi connectivity index (χ1) is 11.0. The number of urea groups is 1. The minimum absolute atomic E-state index is 0.0668. The second-order valence-corrected chi connectivity index (χ2v) is 6.67. The Hall–Kier alpha value is -1.56. The van der Waals surface area contributed by atoms with Gasteiger partial charge in [-0.25, -0.2) is 4.79 Å². The van der Waals surface area contributed by atoms with Gasteiger partial charge >= 0.3 is 6.03 Å². The minimum atomic E-state index is -0.0668. The Morgan fingerprint density at radius 2 is 2.04 bits per heavy atom. The molecule has 1 atom stereocenters. The maximum atomic E-state index is 11.9. The van der Waals surface area contributed by atoms with Gasteiger partial charge in [-0.15, -0.1) is 0 Å². The Morgan fingerprint density at radius 1 is 1.30 bits per heavy atom. The smallest absolute Gasteiger partial charge is 0.315 e. The molecule has 0 radical (unpaired) electrons. The molecule has 6 heteroatoms. The number of nitrogens with one attached hydrogen (secondary N) is 2. The quantitative estimate of drug-likeness (QED) is 0.756. The molecule has 2 amide bonds. The zero-order chi connectivity index (χ0) is 16.7. The van der Waals surface area contributed by atoms with Crippen LogP contribution in [0.3, 0.4) is 0 Å². The van der Waals surface area contributed by atoms with E-state index in [0.717, 1.165) is 38.3 Å². The second kappa shape index (κ2) is 8.91. The van der Waals surface area contributed by atoms with Crippen LogP contribution in [0, 0.1) is 13.8 Å². The average Bonchev–Trinajstić information content (AvgIpc) is 2.82. The highest BCUT2D eigenvalue weighted by molar-refractivity contribution is 5.74. The Labute approximate surface area is 139 Å². The lowest BCUT2D eigenvalue weighted by Gasteiger charge is -2.29. The number of carbonyl (C=O) groups is 1. The van der Waals surface area contributed by atoms with E-state index in [1.54, 1.807) is 0 Å². The first-order valence-electron chi connectivity index (χ1n) is 8.82. The van der Waals surface area contributed by atoms with Crippen LogP contribution in [0.15, 0.2) is 6.07 Å². The summed E-state index contributed by atoms with van der Waals surface area (Å²) in [6, 6.07) is 2.19. The number of hydrogen-bond acceptors (Lipinski definition) is 3. The summed E-state index contributed by atoms with van der Waals surface area (Å²) < 4.78 is 1.99. The number of likely N-dealkylation sites (tertiary alicyclic amines) is 1. The van der Waals surface area contributed by atoms with Crippen molar-refractivity contribution in [2.45, 2.75) is 59.0 Å². The molecular formula is C17H31N5O. The van der Waals surface area contributed by atoms with Gasteiger partial charge in [-0.1, -0.05) is 6.42 Å². The van der Waals surface area contributed by atoms with Gasteiger partial charge in [-0.3, -0.25) is 4.68 Å². The molecule has 0 bridgehead atoms. The number of carbonyl (C=O) groups excluding carboxylic acids is 1. The number of nitrogens with zero attached hydrogens (tertiary/aromatic N) is 3. The van der Waals surface area contributed by atoms with Crippen molar-refractivity contribution >= 4 is 6.03 Å². The molecule has 0 spiro atoms. The number of aromatic nitrogens is 2. The standard InChI is InChI=1S/C17H31N5O/c1-14-12-16(3)22(20-14)11-7-8-18-17(23)19-15(2)13-21-9-5-4-6-10-21/h12,15H,4-11,13H2,1-3H3,(H2,18,19,23). The molecule has 1 aromatic rings. The van der Waals surface area contributed by atoms with Crippen LogP contribution < -0.4 is 10.6 Å². The molecule has 6 nitrogen and oxygen atoms in total. The van der Waals surface area contributed by atoms with Crippen LogP contribution in [0.5, 0.6) is 0 Å². The zero-order valence-corrected chi connectivity index (χ0v) is 14.8. The van der Waals surface area contributed by atoms with Gasteiger partial charge < -0.3 is 15.5 Å². The molecule has 0 aliphatic carbocycles. The van der Waals surface area contributed by atoms with E-state index in [2.05, 4.69) is 40.5 Å². The molecule has 1 aliphatic rings. The maximum absolute atomic E-state index is 11.9. The van der Waals surface area contributed by atoms with Crippen LogP contribution in [0.2, 0.25) is 0 Å². The van der Waals surface area contributed by atoms with E-state index in [9.17, 15) is 4.79 Å². The Bertz CT molecular complexity index is 493. The highest BCUT2D eigenvalue weighted by Gasteiger charge is 2.14. The van der Waals surface area contributed by atoms with Crippen LogP contribution in [-0.4, -0.2) is 52.9 Å². The number of hydrogen-bond donors (Lipinski definition) is 2. The highest BCUT2D eigenvalue weighted by Crippen LogP contribution is 2.08. The summed E-state index contributed by atoms with van der Waals surface area (Å²) in [4.78, 5) is 14.4. The highest BCUT2D eigenvalue weighted by atomic mass is 16.2. The molecule has 2 heterocycles. The lowest BCUT2D eigenvalue weighted by molar-refractivity contribution is 0.203. The minimum Gasteiger partial charge on any atom is -0.338 e. The monoisotopic (exact) mass is 321 g/mol. The van der Waals surface area contributed by atoms with Gasteiger partial charge in [-0.05, 0) is 59.2 Å². The number of amides is 2. The summed E-state index contributed by atoms with van der Waals surface area (Å²) in [6.07, 6.45) is 4.79. The molecule has 2 N–H and O–H groups in total. The van der Waals surface area contributed by atoms with E-state index >= 15 is 0 Å². The maximum Gasteiger partial charge on any atom is 0.315 e. The first kappa shape index (κ1) is 17.8. The van der Waals surface area contributed by atoms with Crippen molar-refractivity contribution in [2.24, 2.45) is 0 Å². The Balaban J connectivity index is 1.58. The molecule has 1 aliphatic heterocycles. The van der Waals surface area contributed by atoms with Crippen molar-refractivity contribution in [1.29, 1.82) is 0 Å². The van der Waals surface area contributed by atoms with E-state index in [1.807, 2.05) is 11.6 Å². The van der Waals surface area contributed by atoms with Crippen molar-refractivity contribution in [3.63, 3.8) is 0 Å². The lowest BCUT2D eigenvalue weighted by atomic mass is 10.1. The van der Waals surface area contributed by atoms with Crippen molar-refractivity contribution in [1.82, 2.24) is 25.3 Å². The SMILES string of the molecule is Cc1cc(C)n(CCCNC(=O)NC(C)CN2CCCCC2)n1. The normalized spacial score (nSPS) is 17.0. The van der Waals surface area contributed by atoms with Crippen molar-refractivity contribution < 1.29 is 4.79 Å². The van der Waals surface area contributed by atoms with E-state index in [0.29, 0.717) is 6.54 Å². The predicted molar refractivity (Wildman–Crippen MR) is 92.6 cm³/mol. The molecule has 23 heavy (non-hydrogen) atoms. The predicted octanol–water partition coefficient (Wildman–Crippen LogP) is 2.06. The van der Waals surface area contributed by atoms with Crippen LogP contribution in [-0.2, 0) is 6.54 Å². The number of rotatable bonds is 7. The third kappa shape index (κ3) is 6.22. The molecular weight excluding hydrogens is 290 g/mol. The van der Waals surface area contributed by atoms with Crippen LogP contribution >= 0.6 is 0 Å². The molecule has 0 saturated carbocycles. The molecule has 2 rings (SSSR count). The zero-order valence-electron chi connectivity index (χ0n) is 14.8. The Morgan fingerprint density at radius 3 is 2.70 bits per heavy atom. The number of aryl methyl sites for hydroxylation is 3. The van der Waals surface area contributed by atoms with Gasteiger partial charge in [-0.2, -0.15) is 5.10 Å². The fourth-order valence-electron chi connectivity index (χ4n) is 3.18. The van der Waals surface area contributed by atoms with Crippen LogP contribution in [0.4, 0.5) is 4.79 Å². The summed E-state index contributed by atoms with van der Waals surface area (Å²) in [5.41, 5.74) is 2.21. The van der Waals surface area contributed by atoms with E-state index in [4.69, 9.17) is 0 Å². The van der Waals surface area contributed by atoms with Gasteiger partial charge in [0.2, 0.25) is 0 Å². The number of piperidine rings is 1. The molecule has 0 aromatic carbocycles. The third-order valence-corrected chi connectivity index (χ3v) is 4.29. The average molecular weight is 321 g/mol. The fraction of sp³-hybridized carbons (Fsp3) is 0.765. The van der Waals surface area contributed by atoms with Gasteiger partial charge in [0.15, 0.2) is 0 Å². The summed E-state index contributed by atoms with van der Waals surface area (Å²) in [5.74, 6) is 0. The second-order valence-electron chi connectivity index (χ2n) is 6.67. The van der Waals surface area contributed by atoms with E-state index in [1.165, 1.54) is 25.0 Å². The molecule has 1 fully saturated rings.